The number of rotatable bonds is 3. The van der Waals surface area contributed by atoms with Gasteiger partial charge < -0.3 is 15.2 Å². The summed E-state index contributed by atoms with van der Waals surface area (Å²) >= 11 is 0. The Bertz CT molecular complexity index is 695. The predicted octanol–water partition coefficient (Wildman–Crippen LogP) is 2.40. The van der Waals surface area contributed by atoms with Gasteiger partial charge in [-0.25, -0.2) is 0 Å². The van der Waals surface area contributed by atoms with Crippen LogP contribution in [-0.2, 0) is 9.59 Å². The van der Waals surface area contributed by atoms with Gasteiger partial charge in [-0.2, -0.15) is 0 Å². The molecule has 1 amide bonds. The summed E-state index contributed by atoms with van der Waals surface area (Å²) in [6, 6.07) is 11.4. The van der Waals surface area contributed by atoms with Crippen LogP contribution in [-0.4, -0.2) is 23.1 Å². The lowest BCUT2D eigenvalue weighted by molar-refractivity contribution is -0.137. The molecule has 2 aromatic rings. The van der Waals surface area contributed by atoms with Crippen LogP contribution in [0.15, 0.2) is 36.4 Å². The monoisotopic (exact) mass is 271 g/mol. The summed E-state index contributed by atoms with van der Waals surface area (Å²) in [5.74, 6) is -0.628. The first kappa shape index (κ1) is 12.5. The summed E-state index contributed by atoms with van der Waals surface area (Å²) in [6.07, 6.45) is -0.702. The first-order chi connectivity index (χ1) is 9.65. The molecule has 1 atom stereocenters. The highest BCUT2D eigenvalue weighted by Gasteiger charge is 2.29. The van der Waals surface area contributed by atoms with E-state index in [4.69, 9.17) is 9.84 Å². The highest BCUT2D eigenvalue weighted by atomic mass is 16.5. The molecule has 0 aromatic heterocycles. The first-order valence-electron chi connectivity index (χ1n) is 6.36. The number of benzene rings is 2. The van der Waals surface area contributed by atoms with Crippen LogP contribution in [0.4, 0.5) is 5.69 Å². The molecule has 0 saturated carbocycles. The van der Waals surface area contributed by atoms with E-state index in [2.05, 4.69) is 5.32 Å². The van der Waals surface area contributed by atoms with Crippen molar-refractivity contribution in [1.29, 1.82) is 0 Å². The maximum absolute atomic E-state index is 11.9. The predicted molar refractivity (Wildman–Crippen MR) is 73.9 cm³/mol. The molecule has 0 spiro atoms. The van der Waals surface area contributed by atoms with Crippen LogP contribution in [0.3, 0.4) is 0 Å². The fraction of sp³-hybridized carbons (Fsp3) is 0.200. The molecule has 1 aliphatic rings. The molecular formula is C15H13NO4. The highest BCUT2D eigenvalue weighted by Crippen LogP contribution is 2.37. The van der Waals surface area contributed by atoms with Gasteiger partial charge in [-0.15, -0.1) is 0 Å². The first-order valence-corrected chi connectivity index (χ1v) is 6.36. The molecule has 2 aromatic carbocycles. The van der Waals surface area contributed by atoms with Crippen molar-refractivity contribution in [3.63, 3.8) is 0 Å². The van der Waals surface area contributed by atoms with Crippen molar-refractivity contribution in [2.75, 3.05) is 5.32 Å². The minimum absolute atomic E-state index is 0.0990. The lowest BCUT2D eigenvalue weighted by Gasteiger charge is -2.26. The molecule has 20 heavy (non-hydrogen) atoms. The van der Waals surface area contributed by atoms with Crippen LogP contribution in [0.2, 0.25) is 0 Å². The molecule has 0 radical (unpaired) electrons. The summed E-state index contributed by atoms with van der Waals surface area (Å²) in [7, 11) is 0. The maximum Gasteiger partial charge on any atom is 0.303 e. The Kier molecular flexibility index (Phi) is 3.02. The normalized spacial score (nSPS) is 17.2. The molecule has 5 heteroatoms. The molecule has 1 aliphatic heterocycles. The van der Waals surface area contributed by atoms with E-state index < -0.39 is 12.1 Å². The molecule has 1 unspecified atom stereocenters. The van der Waals surface area contributed by atoms with Crippen molar-refractivity contribution in [3.05, 3.63) is 36.4 Å². The van der Waals surface area contributed by atoms with Gasteiger partial charge in [-0.1, -0.05) is 30.3 Å². The van der Waals surface area contributed by atoms with Crippen LogP contribution >= 0.6 is 0 Å². The summed E-state index contributed by atoms with van der Waals surface area (Å²) in [6.45, 7) is 0. The Hall–Kier alpha value is -2.56. The third-order valence-electron chi connectivity index (χ3n) is 3.31. The van der Waals surface area contributed by atoms with Crippen molar-refractivity contribution in [1.82, 2.24) is 0 Å². The molecule has 102 valence electrons. The van der Waals surface area contributed by atoms with Crippen molar-refractivity contribution in [2.24, 2.45) is 0 Å². The van der Waals surface area contributed by atoms with E-state index in [1.807, 2.05) is 30.3 Å². The number of nitrogens with one attached hydrogen (secondary N) is 1. The summed E-state index contributed by atoms with van der Waals surface area (Å²) in [5.41, 5.74) is 0.625. The Balaban J connectivity index is 1.97. The molecule has 1 heterocycles. The highest BCUT2D eigenvalue weighted by molar-refractivity contribution is 6.03. The fourth-order valence-corrected chi connectivity index (χ4v) is 2.32. The zero-order chi connectivity index (χ0) is 14.1. The number of carboxylic acids is 1. The van der Waals surface area contributed by atoms with E-state index in [0.717, 1.165) is 10.8 Å². The number of carbonyl (C=O) groups excluding carboxylic acids is 1. The van der Waals surface area contributed by atoms with Gasteiger partial charge in [0.25, 0.3) is 5.91 Å². The molecular weight excluding hydrogens is 258 g/mol. The SMILES string of the molecule is O=C(O)CCC1Oc2c(ccc3ccccc23)NC1=O. The van der Waals surface area contributed by atoms with Crippen molar-refractivity contribution < 1.29 is 19.4 Å². The lowest BCUT2D eigenvalue weighted by Crippen LogP contribution is -2.37. The summed E-state index contributed by atoms with van der Waals surface area (Å²) in [5, 5.41) is 13.4. The standard InChI is InChI=1S/C15H13NO4/c17-13(18)8-7-12-15(19)16-11-6-5-9-3-1-2-4-10(9)14(11)20-12/h1-6,12H,7-8H2,(H,16,19)(H,17,18). The largest absolute Gasteiger partial charge is 0.481 e. The number of carboxylic acid groups (broad SMARTS) is 1. The topological polar surface area (TPSA) is 75.6 Å². The molecule has 0 aliphatic carbocycles. The number of carbonyl (C=O) groups is 2. The van der Waals surface area contributed by atoms with Gasteiger partial charge in [0.15, 0.2) is 11.9 Å². The number of hydrogen-bond acceptors (Lipinski definition) is 3. The fourth-order valence-electron chi connectivity index (χ4n) is 2.32. The van der Waals surface area contributed by atoms with E-state index in [1.54, 1.807) is 6.07 Å². The molecule has 2 N–H and O–H groups in total. The molecule has 0 saturated heterocycles. The minimum atomic E-state index is -0.940. The van der Waals surface area contributed by atoms with E-state index in [-0.39, 0.29) is 18.7 Å². The number of ether oxygens (including phenoxy) is 1. The second kappa shape index (κ2) is 4.85. The molecule has 3 rings (SSSR count). The lowest BCUT2D eigenvalue weighted by atomic mass is 10.1. The van der Waals surface area contributed by atoms with Crippen molar-refractivity contribution in [2.45, 2.75) is 18.9 Å². The molecule has 5 nitrogen and oxygen atoms in total. The van der Waals surface area contributed by atoms with Gasteiger partial charge in [0.1, 0.15) is 0 Å². The Morgan fingerprint density at radius 2 is 2.05 bits per heavy atom. The second-order valence-corrected chi connectivity index (χ2v) is 4.69. The number of hydrogen-bond donors (Lipinski definition) is 2. The number of fused-ring (bicyclic) bond motifs is 3. The van der Waals surface area contributed by atoms with Crippen LogP contribution in [0.1, 0.15) is 12.8 Å². The zero-order valence-corrected chi connectivity index (χ0v) is 10.6. The van der Waals surface area contributed by atoms with Crippen LogP contribution in [0, 0.1) is 0 Å². The minimum Gasteiger partial charge on any atom is -0.481 e. The third-order valence-corrected chi connectivity index (χ3v) is 3.31. The smallest absolute Gasteiger partial charge is 0.303 e. The van der Waals surface area contributed by atoms with Crippen molar-refractivity contribution in [3.8, 4) is 5.75 Å². The molecule has 0 bridgehead atoms. The van der Waals surface area contributed by atoms with E-state index in [0.29, 0.717) is 11.4 Å². The van der Waals surface area contributed by atoms with Gasteiger partial charge in [-0.05, 0) is 11.5 Å². The molecule has 0 fully saturated rings. The summed E-state index contributed by atoms with van der Waals surface area (Å²) < 4.78 is 5.73. The quantitative estimate of drug-likeness (QED) is 0.898. The Labute approximate surface area is 115 Å². The number of anilines is 1. The van der Waals surface area contributed by atoms with Crippen LogP contribution in [0.25, 0.3) is 10.8 Å². The van der Waals surface area contributed by atoms with Crippen LogP contribution in [0.5, 0.6) is 5.75 Å². The summed E-state index contributed by atoms with van der Waals surface area (Å²) in [4.78, 5) is 22.5. The van der Waals surface area contributed by atoms with Gasteiger partial charge in [-0.3, -0.25) is 9.59 Å². The Morgan fingerprint density at radius 1 is 1.25 bits per heavy atom. The number of amides is 1. The second-order valence-electron chi connectivity index (χ2n) is 4.69. The van der Waals surface area contributed by atoms with Gasteiger partial charge in [0.05, 0.1) is 5.69 Å². The average Bonchev–Trinajstić information content (AvgIpc) is 2.44. The van der Waals surface area contributed by atoms with E-state index in [9.17, 15) is 9.59 Å². The maximum atomic E-state index is 11.9. The van der Waals surface area contributed by atoms with Crippen LogP contribution < -0.4 is 10.1 Å². The van der Waals surface area contributed by atoms with E-state index in [1.165, 1.54) is 0 Å². The van der Waals surface area contributed by atoms with Gasteiger partial charge >= 0.3 is 5.97 Å². The van der Waals surface area contributed by atoms with Gasteiger partial charge in [0, 0.05) is 18.2 Å². The van der Waals surface area contributed by atoms with Gasteiger partial charge in [0.2, 0.25) is 0 Å². The van der Waals surface area contributed by atoms with E-state index >= 15 is 0 Å². The zero-order valence-electron chi connectivity index (χ0n) is 10.6. The number of aliphatic carboxylic acids is 1. The van der Waals surface area contributed by atoms with Crippen molar-refractivity contribution >= 4 is 28.3 Å². The Morgan fingerprint density at radius 3 is 2.85 bits per heavy atom. The third kappa shape index (κ3) is 2.18. The average molecular weight is 271 g/mol.